The molecule has 98 valence electrons. The first-order chi connectivity index (χ1) is 8.70. The van der Waals surface area contributed by atoms with Gasteiger partial charge < -0.3 is 5.32 Å². The standard InChI is InChI=1S/C14H20N2S2/c1-4-6-12(13-7-5-8-17-13)15-9-14-16-10(2)11(3)18-14/h5,7-8,12,15H,4,6,9H2,1-3H3. The summed E-state index contributed by atoms with van der Waals surface area (Å²) in [6.45, 7) is 7.33. The lowest BCUT2D eigenvalue weighted by Gasteiger charge is -2.15. The fraction of sp³-hybridized carbons (Fsp3) is 0.500. The van der Waals surface area contributed by atoms with Crippen molar-refractivity contribution in [1.29, 1.82) is 0 Å². The molecule has 0 aliphatic carbocycles. The lowest BCUT2D eigenvalue weighted by Crippen LogP contribution is -2.19. The molecule has 0 bridgehead atoms. The van der Waals surface area contributed by atoms with E-state index in [2.05, 4.69) is 48.6 Å². The van der Waals surface area contributed by atoms with E-state index < -0.39 is 0 Å². The van der Waals surface area contributed by atoms with E-state index in [4.69, 9.17) is 0 Å². The number of aryl methyl sites for hydroxylation is 2. The first kappa shape index (κ1) is 13.7. The van der Waals surface area contributed by atoms with Crippen LogP contribution >= 0.6 is 22.7 Å². The third kappa shape index (κ3) is 3.40. The molecule has 2 rings (SSSR count). The van der Waals surface area contributed by atoms with Crippen molar-refractivity contribution in [3.8, 4) is 0 Å². The van der Waals surface area contributed by atoms with Crippen LogP contribution in [0, 0.1) is 13.8 Å². The summed E-state index contributed by atoms with van der Waals surface area (Å²) in [6, 6.07) is 4.82. The van der Waals surface area contributed by atoms with Crippen molar-refractivity contribution in [2.24, 2.45) is 0 Å². The number of hydrogen-bond donors (Lipinski definition) is 1. The smallest absolute Gasteiger partial charge is 0.107 e. The highest BCUT2D eigenvalue weighted by atomic mass is 32.1. The summed E-state index contributed by atoms with van der Waals surface area (Å²) in [5.74, 6) is 0. The number of hydrogen-bond acceptors (Lipinski definition) is 4. The average molecular weight is 280 g/mol. The molecule has 0 spiro atoms. The Bertz CT molecular complexity index is 454. The highest BCUT2D eigenvalue weighted by molar-refractivity contribution is 7.11. The minimum absolute atomic E-state index is 0.472. The lowest BCUT2D eigenvalue weighted by molar-refractivity contribution is 0.499. The van der Waals surface area contributed by atoms with E-state index in [0.29, 0.717) is 6.04 Å². The molecule has 0 aromatic carbocycles. The van der Waals surface area contributed by atoms with Crippen LogP contribution in [0.2, 0.25) is 0 Å². The molecule has 1 N–H and O–H groups in total. The molecule has 1 unspecified atom stereocenters. The molecular formula is C14H20N2S2. The lowest BCUT2D eigenvalue weighted by atomic mass is 10.1. The van der Waals surface area contributed by atoms with E-state index in [1.54, 1.807) is 11.3 Å². The van der Waals surface area contributed by atoms with E-state index in [9.17, 15) is 0 Å². The van der Waals surface area contributed by atoms with Crippen LogP contribution in [-0.4, -0.2) is 4.98 Å². The van der Waals surface area contributed by atoms with Gasteiger partial charge in [0.1, 0.15) is 5.01 Å². The number of nitrogens with one attached hydrogen (secondary N) is 1. The number of thiazole rings is 1. The third-order valence-corrected chi connectivity index (χ3v) is 5.10. The Labute approximate surface area is 117 Å². The Morgan fingerprint density at radius 1 is 1.39 bits per heavy atom. The molecule has 1 atom stereocenters. The van der Waals surface area contributed by atoms with Crippen molar-refractivity contribution in [1.82, 2.24) is 10.3 Å². The zero-order valence-electron chi connectivity index (χ0n) is 11.2. The largest absolute Gasteiger partial charge is 0.303 e. The Hall–Kier alpha value is -0.710. The molecule has 4 heteroatoms. The van der Waals surface area contributed by atoms with E-state index in [-0.39, 0.29) is 0 Å². The molecule has 0 saturated carbocycles. The molecule has 0 amide bonds. The number of aromatic nitrogens is 1. The van der Waals surface area contributed by atoms with Gasteiger partial charge in [0.05, 0.1) is 5.69 Å². The van der Waals surface area contributed by atoms with Crippen LogP contribution in [0.1, 0.15) is 46.3 Å². The predicted octanol–water partition coefficient (Wildman–Crippen LogP) is 4.45. The first-order valence-corrected chi connectivity index (χ1v) is 8.10. The molecular weight excluding hydrogens is 260 g/mol. The summed E-state index contributed by atoms with van der Waals surface area (Å²) in [5.41, 5.74) is 1.17. The normalized spacial score (nSPS) is 12.8. The van der Waals surface area contributed by atoms with E-state index in [1.165, 1.54) is 33.3 Å². The van der Waals surface area contributed by atoms with Gasteiger partial charge in [-0.3, -0.25) is 0 Å². The Kier molecular flexibility index (Phi) is 4.92. The highest BCUT2D eigenvalue weighted by Gasteiger charge is 2.12. The predicted molar refractivity (Wildman–Crippen MR) is 80.4 cm³/mol. The van der Waals surface area contributed by atoms with Crippen molar-refractivity contribution < 1.29 is 0 Å². The van der Waals surface area contributed by atoms with Gasteiger partial charge in [0.25, 0.3) is 0 Å². The van der Waals surface area contributed by atoms with E-state index in [1.807, 2.05) is 11.3 Å². The summed E-state index contributed by atoms with van der Waals surface area (Å²) in [5, 5.41) is 6.99. The summed E-state index contributed by atoms with van der Waals surface area (Å²) in [4.78, 5) is 7.34. The van der Waals surface area contributed by atoms with Gasteiger partial charge in [-0.15, -0.1) is 22.7 Å². The van der Waals surface area contributed by atoms with Gasteiger partial charge in [-0.1, -0.05) is 19.4 Å². The van der Waals surface area contributed by atoms with Crippen molar-refractivity contribution in [2.75, 3.05) is 0 Å². The molecule has 0 aliphatic rings. The van der Waals surface area contributed by atoms with Crippen LogP contribution in [0.25, 0.3) is 0 Å². The van der Waals surface area contributed by atoms with Crippen molar-refractivity contribution in [3.63, 3.8) is 0 Å². The zero-order chi connectivity index (χ0) is 13.0. The number of nitrogens with zero attached hydrogens (tertiary/aromatic N) is 1. The Balaban J connectivity index is 1.97. The Morgan fingerprint density at radius 2 is 2.22 bits per heavy atom. The monoisotopic (exact) mass is 280 g/mol. The molecule has 0 radical (unpaired) electrons. The summed E-state index contributed by atoms with van der Waals surface area (Å²) in [7, 11) is 0. The van der Waals surface area contributed by atoms with Crippen LogP contribution in [0.3, 0.4) is 0 Å². The minimum atomic E-state index is 0.472. The first-order valence-electron chi connectivity index (χ1n) is 6.40. The second kappa shape index (κ2) is 6.45. The molecule has 2 nitrogen and oxygen atoms in total. The van der Waals surface area contributed by atoms with E-state index in [0.717, 1.165) is 6.54 Å². The van der Waals surface area contributed by atoms with Crippen LogP contribution in [0.5, 0.6) is 0 Å². The van der Waals surface area contributed by atoms with Crippen molar-refractivity contribution in [2.45, 2.75) is 46.2 Å². The highest BCUT2D eigenvalue weighted by Crippen LogP contribution is 2.24. The van der Waals surface area contributed by atoms with Gasteiger partial charge in [-0.05, 0) is 31.7 Å². The third-order valence-electron chi connectivity index (χ3n) is 3.04. The summed E-state index contributed by atoms with van der Waals surface area (Å²) in [6.07, 6.45) is 2.38. The molecule has 18 heavy (non-hydrogen) atoms. The van der Waals surface area contributed by atoms with Gasteiger partial charge in [0, 0.05) is 22.3 Å². The van der Waals surface area contributed by atoms with Gasteiger partial charge in [-0.25, -0.2) is 4.98 Å². The summed E-state index contributed by atoms with van der Waals surface area (Å²) < 4.78 is 0. The van der Waals surface area contributed by atoms with Gasteiger partial charge >= 0.3 is 0 Å². The van der Waals surface area contributed by atoms with Gasteiger partial charge in [-0.2, -0.15) is 0 Å². The molecule has 0 saturated heterocycles. The zero-order valence-corrected chi connectivity index (χ0v) is 12.8. The second-order valence-electron chi connectivity index (χ2n) is 4.49. The number of thiophene rings is 1. The van der Waals surface area contributed by atoms with Crippen molar-refractivity contribution in [3.05, 3.63) is 38.0 Å². The fourth-order valence-corrected chi connectivity index (χ4v) is 3.67. The maximum atomic E-state index is 4.58. The molecule has 0 fully saturated rings. The topological polar surface area (TPSA) is 24.9 Å². The summed E-state index contributed by atoms with van der Waals surface area (Å²) >= 11 is 3.64. The van der Waals surface area contributed by atoms with Crippen molar-refractivity contribution >= 4 is 22.7 Å². The molecule has 2 aromatic heterocycles. The Morgan fingerprint density at radius 3 is 2.78 bits per heavy atom. The maximum absolute atomic E-state index is 4.58. The fourth-order valence-electron chi connectivity index (χ4n) is 1.95. The molecule has 2 heterocycles. The van der Waals surface area contributed by atoms with Gasteiger partial charge in [0.2, 0.25) is 0 Å². The van der Waals surface area contributed by atoms with Crippen LogP contribution in [0.15, 0.2) is 17.5 Å². The second-order valence-corrected chi connectivity index (χ2v) is 6.75. The minimum Gasteiger partial charge on any atom is -0.303 e. The SMILES string of the molecule is CCCC(NCc1nc(C)c(C)s1)c1cccs1. The van der Waals surface area contributed by atoms with Crippen LogP contribution in [0.4, 0.5) is 0 Å². The van der Waals surface area contributed by atoms with Crippen LogP contribution in [-0.2, 0) is 6.54 Å². The molecule has 0 aliphatic heterocycles. The van der Waals surface area contributed by atoms with Gasteiger partial charge in [0.15, 0.2) is 0 Å². The maximum Gasteiger partial charge on any atom is 0.107 e. The quantitative estimate of drug-likeness (QED) is 0.845. The average Bonchev–Trinajstić information content (AvgIpc) is 2.96. The van der Waals surface area contributed by atoms with E-state index >= 15 is 0 Å². The van der Waals surface area contributed by atoms with Crippen LogP contribution < -0.4 is 5.32 Å². The molecule has 2 aromatic rings. The number of rotatable bonds is 6.